The molecule has 3 rings (SSSR count). The van der Waals surface area contributed by atoms with Gasteiger partial charge in [-0.05, 0) is 48.7 Å². The van der Waals surface area contributed by atoms with Crippen LogP contribution in [0.3, 0.4) is 0 Å². The molecule has 0 spiro atoms. The monoisotopic (exact) mass is 299 g/mol. The van der Waals surface area contributed by atoms with Gasteiger partial charge in [-0.15, -0.1) is 0 Å². The number of H-pyrrole nitrogens is 1. The van der Waals surface area contributed by atoms with Crippen LogP contribution in [-0.2, 0) is 11.2 Å². The number of hydrazone groups is 1. The smallest absolute Gasteiger partial charge is 0.273 e. The molecule has 1 aromatic heterocycles. The summed E-state index contributed by atoms with van der Waals surface area (Å²) in [6.07, 6.45) is 5.16. The van der Waals surface area contributed by atoms with Crippen molar-refractivity contribution in [3.05, 3.63) is 64.4 Å². The zero-order valence-electron chi connectivity index (χ0n) is 11.3. The van der Waals surface area contributed by atoms with E-state index >= 15 is 0 Å². The first-order valence-corrected chi connectivity index (χ1v) is 7.07. The number of amides is 1. The van der Waals surface area contributed by atoms with Crippen LogP contribution < -0.4 is 5.43 Å². The fraction of sp³-hybridized carbons (Fsp3) is 0.125. The Labute approximate surface area is 127 Å². The molecular formula is C16H14ClN3O. The fourth-order valence-electron chi connectivity index (χ4n) is 2.21. The Morgan fingerprint density at radius 1 is 1.14 bits per heavy atom. The van der Waals surface area contributed by atoms with Gasteiger partial charge in [-0.2, -0.15) is 5.10 Å². The van der Waals surface area contributed by atoms with E-state index in [4.69, 9.17) is 11.6 Å². The van der Waals surface area contributed by atoms with E-state index in [0.29, 0.717) is 12.0 Å². The molecule has 2 heterocycles. The lowest BCUT2D eigenvalue weighted by Crippen LogP contribution is -2.13. The first-order chi connectivity index (χ1) is 10.2. The third kappa shape index (κ3) is 3.23. The standard InChI is InChI=1S/C16H14ClN3O/c17-12-6-3-11(4-7-12)5-8-15-14(16(21)20-19-15)10-13-2-1-9-18-13/h1-4,6-7,9-10,18H,5,8H2,(H,20,21). The van der Waals surface area contributed by atoms with E-state index in [2.05, 4.69) is 15.5 Å². The number of aromatic amines is 1. The molecule has 0 saturated heterocycles. The molecule has 1 aliphatic heterocycles. The predicted octanol–water partition coefficient (Wildman–Crippen LogP) is 3.17. The second kappa shape index (κ2) is 5.97. The summed E-state index contributed by atoms with van der Waals surface area (Å²) in [7, 11) is 0. The van der Waals surface area contributed by atoms with Gasteiger partial charge in [-0.25, -0.2) is 5.43 Å². The van der Waals surface area contributed by atoms with Crippen molar-refractivity contribution < 1.29 is 4.79 Å². The number of halogens is 1. The van der Waals surface area contributed by atoms with Crippen LogP contribution in [-0.4, -0.2) is 16.6 Å². The maximum absolute atomic E-state index is 11.8. The Kier molecular flexibility index (Phi) is 3.88. The van der Waals surface area contributed by atoms with E-state index < -0.39 is 0 Å². The number of hydrogen-bond donors (Lipinski definition) is 2. The summed E-state index contributed by atoms with van der Waals surface area (Å²) in [6, 6.07) is 11.5. The molecule has 21 heavy (non-hydrogen) atoms. The summed E-state index contributed by atoms with van der Waals surface area (Å²) < 4.78 is 0. The maximum Gasteiger partial charge on any atom is 0.273 e. The van der Waals surface area contributed by atoms with E-state index in [1.807, 2.05) is 48.7 Å². The number of rotatable bonds is 4. The molecule has 1 amide bonds. The van der Waals surface area contributed by atoms with Gasteiger partial charge in [0.2, 0.25) is 0 Å². The van der Waals surface area contributed by atoms with E-state index in [0.717, 1.165) is 22.8 Å². The van der Waals surface area contributed by atoms with Gasteiger partial charge in [0.15, 0.2) is 0 Å². The molecule has 0 bridgehead atoms. The van der Waals surface area contributed by atoms with Crippen LogP contribution in [0, 0.1) is 0 Å². The molecule has 2 N–H and O–H groups in total. The third-order valence-electron chi connectivity index (χ3n) is 3.33. The van der Waals surface area contributed by atoms with Crippen molar-refractivity contribution in [3.63, 3.8) is 0 Å². The lowest BCUT2D eigenvalue weighted by atomic mass is 10.0. The molecule has 0 unspecified atom stereocenters. The number of aryl methyl sites for hydroxylation is 1. The molecule has 1 aromatic carbocycles. The van der Waals surface area contributed by atoms with Gasteiger partial charge in [0, 0.05) is 16.9 Å². The Bertz CT molecular complexity index is 700. The Balaban J connectivity index is 1.72. The van der Waals surface area contributed by atoms with Crippen LogP contribution in [0.4, 0.5) is 0 Å². The Morgan fingerprint density at radius 3 is 2.67 bits per heavy atom. The Morgan fingerprint density at radius 2 is 1.95 bits per heavy atom. The van der Waals surface area contributed by atoms with E-state index in [9.17, 15) is 4.79 Å². The second-order valence-electron chi connectivity index (χ2n) is 4.81. The molecule has 5 heteroatoms. The normalized spacial score (nSPS) is 16.1. The molecule has 4 nitrogen and oxygen atoms in total. The summed E-state index contributed by atoms with van der Waals surface area (Å²) in [5, 5.41) is 4.84. The van der Waals surface area contributed by atoms with Crippen molar-refractivity contribution in [2.45, 2.75) is 12.8 Å². The van der Waals surface area contributed by atoms with Crippen LogP contribution in [0.5, 0.6) is 0 Å². The number of aromatic nitrogens is 1. The zero-order valence-corrected chi connectivity index (χ0v) is 12.0. The summed E-state index contributed by atoms with van der Waals surface area (Å²) in [4.78, 5) is 14.9. The SMILES string of the molecule is O=C1NN=C(CCc2ccc(Cl)cc2)C1=Cc1ccc[nH]1. The van der Waals surface area contributed by atoms with Gasteiger partial charge >= 0.3 is 0 Å². The van der Waals surface area contributed by atoms with Crippen LogP contribution in [0.25, 0.3) is 6.08 Å². The summed E-state index contributed by atoms with van der Waals surface area (Å²) >= 11 is 5.87. The van der Waals surface area contributed by atoms with Crippen molar-refractivity contribution in [2.24, 2.45) is 5.10 Å². The third-order valence-corrected chi connectivity index (χ3v) is 3.59. The van der Waals surface area contributed by atoms with Gasteiger partial charge in [-0.1, -0.05) is 23.7 Å². The van der Waals surface area contributed by atoms with Crippen LogP contribution in [0.2, 0.25) is 5.02 Å². The van der Waals surface area contributed by atoms with E-state index in [1.165, 1.54) is 5.56 Å². The molecule has 0 aliphatic carbocycles. The van der Waals surface area contributed by atoms with Gasteiger partial charge < -0.3 is 4.98 Å². The largest absolute Gasteiger partial charge is 0.362 e. The van der Waals surface area contributed by atoms with Crippen molar-refractivity contribution in [1.82, 2.24) is 10.4 Å². The highest BCUT2D eigenvalue weighted by Gasteiger charge is 2.22. The molecule has 2 aromatic rings. The fourth-order valence-corrected chi connectivity index (χ4v) is 2.34. The van der Waals surface area contributed by atoms with Gasteiger partial charge in [0.25, 0.3) is 5.91 Å². The van der Waals surface area contributed by atoms with Crippen molar-refractivity contribution in [1.29, 1.82) is 0 Å². The molecule has 0 atom stereocenters. The molecule has 1 aliphatic rings. The maximum atomic E-state index is 11.8. The summed E-state index contributed by atoms with van der Waals surface area (Å²) in [5.41, 5.74) is 5.98. The number of nitrogens with zero attached hydrogens (tertiary/aromatic N) is 1. The average molecular weight is 300 g/mol. The average Bonchev–Trinajstić information content (AvgIpc) is 3.11. The van der Waals surface area contributed by atoms with E-state index in [1.54, 1.807) is 0 Å². The van der Waals surface area contributed by atoms with Gasteiger partial charge in [0.1, 0.15) is 0 Å². The van der Waals surface area contributed by atoms with Crippen molar-refractivity contribution in [2.75, 3.05) is 0 Å². The minimum atomic E-state index is -0.157. The number of carbonyl (C=O) groups is 1. The van der Waals surface area contributed by atoms with Gasteiger partial charge in [-0.3, -0.25) is 4.79 Å². The van der Waals surface area contributed by atoms with Crippen LogP contribution in [0.1, 0.15) is 17.7 Å². The van der Waals surface area contributed by atoms with E-state index in [-0.39, 0.29) is 5.91 Å². The van der Waals surface area contributed by atoms with Crippen LogP contribution >= 0.6 is 11.6 Å². The highest BCUT2D eigenvalue weighted by atomic mass is 35.5. The molecule has 0 radical (unpaired) electrons. The number of carbonyl (C=O) groups excluding carboxylic acids is 1. The number of nitrogens with one attached hydrogen (secondary N) is 2. The first-order valence-electron chi connectivity index (χ1n) is 6.69. The second-order valence-corrected chi connectivity index (χ2v) is 5.25. The lowest BCUT2D eigenvalue weighted by molar-refractivity contribution is -0.116. The number of benzene rings is 1. The number of hydrogen-bond acceptors (Lipinski definition) is 2. The molecule has 0 fully saturated rings. The highest BCUT2D eigenvalue weighted by Crippen LogP contribution is 2.16. The van der Waals surface area contributed by atoms with Crippen molar-refractivity contribution in [3.8, 4) is 0 Å². The van der Waals surface area contributed by atoms with Crippen LogP contribution in [0.15, 0.2) is 53.3 Å². The topological polar surface area (TPSA) is 57.2 Å². The summed E-state index contributed by atoms with van der Waals surface area (Å²) in [6.45, 7) is 0. The van der Waals surface area contributed by atoms with Crippen molar-refractivity contribution >= 4 is 29.3 Å². The molecule has 106 valence electrons. The highest BCUT2D eigenvalue weighted by molar-refractivity contribution is 6.30. The minimum Gasteiger partial charge on any atom is -0.362 e. The molecular weight excluding hydrogens is 286 g/mol. The Hall–Kier alpha value is -2.33. The van der Waals surface area contributed by atoms with Gasteiger partial charge in [0.05, 0.1) is 11.3 Å². The minimum absolute atomic E-state index is 0.157. The first kappa shape index (κ1) is 13.6. The zero-order chi connectivity index (χ0) is 14.7. The predicted molar refractivity (Wildman–Crippen MR) is 84.1 cm³/mol. The lowest BCUT2D eigenvalue weighted by Gasteiger charge is -2.02. The summed E-state index contributed by atoms with van der Waals surface area (Å²) in [5.74, 6) is -0.157. The quantitative estimate of drug-likeness (QED) is 0.837. The molecule has 0 saturated carbocycles.